The SMILES string of the molecule is COC(=O)C1CN(c2snc(N)c2OC)CC1C. The van der Waals surface area contributed by atoms with E-state index in [0.29, 0.717) is 18.1 Å². The number of carbonyl (C=O) groups excluding carboxylic acids is 1. The number of rotatable bonds is 3. The van der Waals surface area contributed by atoms with Gasteiger partial charge in [0.2, 0.25) is 0 Å². The molecule has 2 atom stereocenters. The zero-order valence-corrected chi connectivity index (χ0v) is 11.5. The van der Waals surface area contributed by atoms with Crippen LogP contribution in [-0.2, 0) is 9.53 Å². The molecule has 0 spiro atoms. The summed E-state index contributed by atoms with van der Waals surface area (Å²) in [4.78, 5) is 13.7. The molecule has 0 bridgehead atoms. The average Bonchev–Trinajstić information content (AvgIpc) is 2.91. The van der Waals surface area contributed by atoms with Crippen LogP contribution in [0.25, 0.3) is 0 Å². The zero-order chi connectivity index (χ0) is 13.3. The van der Waals surface area contributed by atoms with Crippen molar-refractivity contribution >= 4 is 28.3 Å². The highest BCUT2D eigenvalue weighted by Gasteiger charge is 2.37. The number of nitrogens with zero attached hydrogens (tertiary/aromatic N) is 2. The Morgan fingerprint density at radius 3 is 2.83 bits per heavy atom. The smallest absolute Gasteiger partial charge is 0.310 e. The van der Waals surface area contributed by atoms with E-state index in [1.54, 1.807) is 7.11 Å². The number of nitrogens with two attached hydrogens (primary N) is 1. The topological polar surface area (TPSA) is 77.7 Å². The first-order valence-electron chi connectivity index (χ1n) is 5.70. The van der Waals surface area contributed by atoms with Crippen molar-refractivity contribution in [3.63, 3.8) is 0 Å². The first kappa shape index (κ1) is 12.9. The van der Waals surface area contributed by atoms with Crippen molar-refractivity contribution in [2.75, 3.05) is 37.9 Å². The molecule has 7 heteroatoms. The lowest BCUT2D eigenvalue weighted by atomic mass is 9.99. The fourth-order valence-electron chi connectivity index (χ4n) is 2.27. The van der Waals surface area contributed by atoms with Gasteiger partial charge >= 0.3 is 5.97 Å². The van der Waals surface area contributed by atoms with Gasteiger partial charge in [-0.15, -0.1) is 0 Å². The number of carbonyl (C=O) groups is 1. The van der Waals surface area contributed by atoms with Gasteiger partial charge in [0.05, 0.1) is 20.1 Å². The van der Waals surface area contributed by atoms with Gasteiger partial charge in [-0.05, 0) is 17.5 Å². The molecule has 2 rings (SSSR count). The average molecular weight is 271 g/mol. The maximum absolute atomic E-state index is 11.6. The molecule has 2 heterocycles. The van der Waals surface area contributed by atoms with Crippen molar-refractivity contribution in [3.05, 3.63) is 0 Å². The maximum atomic E-state index is 11.6. The molecule has 2 N–H and O–H groups in total. The van der Waals surface area contributed by atoms with E-state index in [4.69, 9.17) is 15.2 Å². The van der Waals surface area contributed by atoms with Crippen LogP contribution in [0.15, 0.2) is 0 Å². The number of aromatic nitrogens is 1. The van der Waals surface area contributed by atoms with Crippen LogP contribution in [0.2, 0.25) is 0 Å². The summed E-state index contributed by atoms with van der Waals surface area (Å²) in [7, 11) is 2.99. The molecule has 1 fully saturated rings. The minimum atomic E-state index is -0.165. The molecule has 0 aromatic carbocycles. The van der Waals surface area contributed by atoms with E-state index in [0.717, 1.165) is 11.5 Å². The molecule has 0 radical (unpaired) electrons. The molecule has 1 aromatic heterocycles. The quantitative estimate of drug-likeness (QED) is 0.826. The van der Waals surface area contributed by atoms with Crippen LogP contribution in [0.1, 0.15) is 6.92 Å². The summed E-state index contributed by atoms with van der Waals surface area (Å²) in [6, 6.07) is 0. The van der Waals surface area contributed by atoms with Crippen LogP contribution in [0.4, 0.5) is 10.8 Å². The Hall–Kier alpha value is -1.50. The molecule has 1 aliphatic rings. The maximum Gasteiger partial charge on any atom is 0.310 e. The molecule has 1 saturated heterocycles. The highest BCUT2D eigenvalue weighted by molar-refractivity contribution is 7.11. The van der Waals surface area contributed by atoms with Crippen LogP contribution in [0.5, 0.6) is 5.75 Å². The summed E-state index contributed by atoms with van der Waals surface area (Å²) >= 11 is 1.30. The van der Waals surface area contributed by atoms with Crippen LogP contribution in [0.3, 0.4) is 0 Å². The minimum Gasteiger partial charge on any atom is -0.490 e. The Balaban J connectivity index is 2.19. The van der Waals surface area contributed by atoms with Gasteiger partial charge in [-0.25, -0.2) is 0 Å². The fourth-order valence-corrected chi connectivity index (χ4v) is 3.07. The van der Waals surface area contributed by atoms with Gasteiger partial charge < -0.3 is 20.1 Å². The summed E-state index contributed by atoms with van der Waals surface area (Å²) in [6.07, 6.45) is 0. The van der Waals surface area contributed by atoms with Crippen LogP contribution in [-0.4, -0.2) is 37.7 Å². The van der Waals surface area contributed by atoms with E-state index in [2.05, 4.69) is 9.27 Å². The second-order valence-electron chi connectivity index (χ2n) is 4.42. The van der Waals surface area contributed by atoms with Gasteiger partial charge in [0.1, 0.15) is 0 Å². The number of anilines is 2. The lowest BCUT2D eigenvalue weighted by Crippen LogP contribution is -2.24. The number of methoxy groups -OCH3 is 2. The van der Waals surface area contributed by atoms with Gasteiger partial charge in [0, 0.05) is 13.1 Å². The van der Waals surface area contributed by atoms with Crippen molar-refractivity contribution in [1.82, 2.24) is 4.37 Å². The largest absolute Gasteiger partial charge is 0.490 e. The molecule has 0 saturated carbocycles. The molecule has 100 valence electrons. The van der Waals surface area contributed by atoms with E-state index in [1.807, 2.05) is 6.92 Å². The number of ether oxygens (including phenoxy) is 2. The van der Waals surface area contributed by atoms with E-state index >= 15 is 0 Å². The molecule has 0 amide bonds. The van der Waals surface area contributed by atoms with Gasteiger partial charge in [-0.1, -0.05) is 6.92 Å². The molecule has 1 aromatic rings. The molecule has 1 aliphatic heterocycles. The van der Waals surface area contributed by atoms with Crippen molar-refractivity contribution < 1.29 is 14.3 Å². The Kier molecular flexibility index (Phi) is 3.60. The minimum absolute atomic E-state index is 0.108. The van der Waals surface area contributed by atoms with Crippen molar-refractivity contribution in [1.29, 1.82) is 0 Å². The number of hydrogen-bond acceptors (Lipinski definition) is 7. The lowest BCUT2D eigenvalue weighted by molar-refractivity contribution is -0.145. The Bertz CT molecular complexity index is 449. The Morgan fingerprint density at radius 2 is 2.22 bits per heavy atom. The molecular weight excluding hydrogens is 254 g/mol. The van der Waals surface area contributed by atoms with Crippen molar-refractivity contribution in [2.45, 2.75) is 6.92 Å². The molecule has 0 aliphatic carbocycles. The highest BCUT2D eigenvalue weighted by atomic mass is 32.1. The third kappa shape index (κ3) is 2.10. The molecule has 6 nitrogen and oxygen atoms in total. The highest BCUT2D eigenvalue weighted by Crippen LogP contribution is 2.41. The fraction of sp³-hybridized carbons (Fsp3) is 0.636. The third-order valence-corrected chi connectivity index (χ3v) is 4.17. The third-order valence-electron chi connectivity index (χ3n) is 3.26. The van der Waals surface area contributed by atoms with Crippen molar-refractivity contribution in [2.24, 2.45) is 11.8 Å². The normalized spacial score (nSPS) is 23.2. The Labute approximate surface area is 110 Å². The van der Waals surface area contributed by atoms with Crippen LogP contribution in [0, 0.1) is 11.8 Å². The van der Waals surface area contributed by atoms with Gasteiger partial charge in [0.15, 0.2) is 16.6 Å². The van der Waals surface area contributed by atoms with Crippen LogP contribution >= 0.6 is 11.5 Å². The predicted molar refractivity (Wildman–Crippen MR) is 70.0 cm³/mol. The predicted octanol–water partition coefficient (Wildman–Crippen LogP) is 0.979. The van der Waals surface area contributed by atoms with E-state index < -0.39 is 0 Å². The number of hydrogen-bond donors (Lipinski definition) is 1. The number of esters is 1. The van der Waals surface area contributed by atoms with Gasteiger partial charge in [-0.2, -0.15) is 4.37 Å². The molecule has 18 heavy (non-hydrogen) atoms. The zero-order valence-electron chi connectivity index (χ0n) is 10.7. The second-order valence-corrected chi connectivity index (χ2v) is 5.17. The van der Waals surface area contributed by atoms with Gasteiger partial charge in [-0.3, -0.25) is 4.79 Å². The Morgan fingerprint density at radius 1 is 1.50 bits per heavy atom. The second kappa shape index (κ2) is 5.01. The first-order chi connectivity index (χ1) is 8.58. The van der Waals surface area contributed by atoms with Crippen LogP contribution < -0.4 is 15.4 Å². The lowest BCUT2D eigenvalue weighted by Gasteiger charge is -2.16. The summed E-state index contributed by atoms with van der Waals surface area (Å²) in [6.45, 7) is 3.43. The monoisotopic (exact) mass is 271 g/mol. The van der Waals surface area contributed by atoms with E-state index in [1.165, 1.54) is 18.6 Å². The van der Waals surface area contributed by atoms with Gasteiger partial charge in [0.25, 0.3) is 0 Å². The summed E-state index contributed by atoms with van der Waals surface area (Å²) in [5.74, 6) is 0.958. The molecular formula is C11H17N3O3S. The van der Waals surface area contributed by atoms with E-state index in [-0.39, 0.29) is 17.8 Å². The summed E-state index contributed by atoms with van der Waals surface area (Å²) in [5, 5.41) is 0.883. The summed E-state index contributed by atoms with van der Waals surface area (Å²) < 4.78 is 14.2. The molecule has 2 unspecified atom stereocenters. The summed E-state index contributed by atoms with van der Waals surface area (Å²) in [5.41, 5.74) is 5.73. The number of nitrogen functional groups attached to an aromatic ring is 1. The van der Waals surface area contributed by atoms with Crippen molar-refractivity contribution in [3.8, 4) is 5.75 Å². The standard InChI is InChI=1S/C11H17N3O3S/c1-6-4-14(5-7(6)11(15)17-3)10-8(16-2)9(12)13-18-10/h6-7H,4-5H2,1-3H3,(H2,12,13). The van der Waals surface area contributed by atoms with E-state index in [9.17, 15) is 4.79 Å². The first-order valence-corrected chi connectivity index (χ1v) is 6.47.